The molecule has 0 amide bonds. The fraction of sp³-hybridized carbons (Fsp3) is 0.364. The number of oxime groups is 1. The van der Waals surface area contributed by atoms with Crippen LogP contribution in [0.2, 0.25) is 0 Å². The molecule has 0 saturated carbocycles. The Kier molecular flexibility index (Phi) is 5.33. The average molecular weight is 322 g/mol. The molecule has 1 aromatic rings. The Hall–Kier alpha value is -1.37. The van der Waals surface area contributed by atoms with E-state index in [9.17, 15) is 8.78 Å². The highest BCUT2D eigenvalue weighted by Gasteiger charge is 2.13. The molecule has 0 aliphatic heterocycles. The molecule has 1 atom stereocenters. The summed E-state index contributed by atoms with van der Waals surface area (Å²) in [5.74, 6) is -1.30. The minimum atomic E-state index is -0.686. The summed E-state index contributed by atoms with van der Waals surface area (Å²) in [5.41, 5.74) is 5.56. The van der Waals surface area contributed by atoms with E-state index in [4.69, 9.17) is 10.9 Å². The van der Waals surface area contributed by atoms with Crippen LogP contribution in [0.25, 0.3) is 0 Å². The van der Waals surface area contributed by atoms with Crippen molar-refractivity contribution in [3.8, 4) is 0 Å². The number of nitrogens with one attached hydrogen (secondary N) is 1. The van der Waals surface area contributed by atoms with Crippen molar-refractivity contribution in [2.45, 2.75) is 25.8 Å². The van der Waals surface area contributed by atoms with Crippen LogP contribution in [0.15, 0.2) is 21.8 Å². The maximum Gasteiger partial charge on any atom is 0.149 e. The summed E-state index contributed by atoms with van der Waals surface area (Å²) in [6.07, 6.45) is 0.909. The summed E-state index contributed by atoms with van der Waals surface area (Å²) in [6, 6.07) is 1.91. The van der Waals surface area contributed by atoms with Gasteiger partial charge in [-0.15, -0.1) is 0 Å². The van der Waals surface area contributed by atoms with Crippen LogP contribution in [0.3, 0.4) is 0 Å². The number of anilines is 1. The Morgan fingerprint density at radius 1 is 1.50 bits per heavy atom. The van der Waals surface area contributed by atoms with Crippen molar-refractivity contribution in [1.29, 1.82) is 0 Å². The van der Waals surface area contributed by atoms with Crippen LogP contribution in [-0.2, 0) is 0 Å². The van der Waals surface area contributed by atoms with Crippen molar-refractivity contribution in [3.63, 3.8) is 0 Å². The number of nitrogens with two attached hydrogens (primary N) is 1. The van der Waals surface area contributed by atoms with Crippen LogP contribution >= 0.6 is 15.9 Å². The van der Waals surface area contributed by atoms with Crippen molar-refractivity contribution >= 4 is 27.5 Å². The second-order valence-corrected chi connectivity index (χ2v) is 4.65. The second-order valence-electron chi connectivity index (χ2n) is 3.79. The van der Waals surface area contributed by atoms with Gasteiger partial charge in [-0.2, -0.15) is 0 Å². The summed E-state index contributed by atoms with van der Waals surface area (Å²) in [6.45, 7) is 1.87. The van der Waals surface area contributed by atoms with Gasteiger partial charge in [-0.3, -0.25) is 0 Å². The molecule has 0 spiro atoms. The first kappa shape index (κ1) is 14.7. The van der Waals surface area contributed by atoms with E-state index in [1.54, 1.807) is 0 Å². The van der Waals surface area contributed by atoms with Gasteiger partial charge in [0.15, 0.2) is 0 Å². The smallest absolute Gasteiger partial charge is 0.149 e. The number of hydrogen-bond donors (Lipinski definition) is 3. The molecule has 4 nitrogen and oxygen atoms in total. The van der Waals surface area contributed by atoms with Gasteiger partial charge in [0.25, 0.3) is 0 Å². The zero-order valence-corrected chi connectivity index (χ0v) is 11.3. The number of amidine groups is 1. The monoisotopic (exact) mass is 321 g/mol. The summed E-state index contributed by atoms with van der Waals surface area (Å²) in [5, 5.41) is 14.2. The van der Waals surface area contributed by atoms with Crippen molar-refractivity contribution in [3.05, 3.63) is 28.2 Å². The predicted octanol–water partition coefficient (Wildman–Crippen LogP) is 3.05. The third kappa shape index (κ3) is 3.83. The molecule has 0 bridgehead atoms. The van der Waals surface area contributed by atoms with Gasteiger partial charge in [0.1, 0.15) is 17.5 Å². The zero-order valence-electron chi connectivity index (χ0n) is 9.75. The molecule has 1 aromatic carbocycles. The van der Waals surface area contributed by atoms with E-state index < -0.39 is 11.6 Å². The normalized spacial score (nSPS) is 13.4. The fourth-order valence-electron chi connectivity index (χ4n) is 1.44. The fourth-order valence-corrected chi connectivity index (χ4v) is 1.79. The van der Waals surface area contributed by atoms with Crippen LogP contribution in [-0.4, -0.2) is 17.1 Å². The predicted molar refractivity (Wildman–Crippen MR) is 69.8 cm³/mol. The molecular formula is C11H14BrF2N3O. The third-order valence-electron chi connectivity index (χ3n) is 2.45. The lowest BCUT2D eigenvalue weighted by molar-refractivity contribution is 0.316. The molecule has 0 heterocycles. The van der Waals surface area contributed by atoms with Crippen LogP contribution in [0, 0.1) is 11.6 Å². The van der Waals surface area contributed by atoms with Crippen LogP contribution in [0.5, 0.6) is 0 Å². The SMILES string of the molecule is CCC(C/C(N)=N/O)Nc1cc(Br)c(F)cc1F. The Bertz CT molecular complexity index is 454. The van der Waals surface area contributed by atoms with Gasteiger partial charge in [-0.1, -0.05) is 12.1 Å². The van der Waals surface area contributed by atoms with Crippen LogP contribution in [0.4, 0.5) is 14.5 Å². The largest absolute Gasteiger partial charge is 0.409 e. The van der Waals surface area contributed by atoms with E-state index >= 15 is 0 Å². The van der Waals surface area contributed by atoms with E-state index in [2.05, 4.69) is 26.4 Å². The summed E-state index contributed by atoms with van der Waals surface area (Å²) >= 11 is 2.99. The Balaban J connectivity index is 2.85. The Morgan fingerprint density at radius 3 is 2.72 bits per heavy atom. The van der Waals surface area contributed by atoms with Crippen molar-refractivity contribution in [2.75, 3.05) is 5.32 Å². The molecule has 1 unspecified atom stereocenters. The highest BCUT2D eigenvalue weighted by Crippen LogP contribution is 2.24. The first-order chi connectivity index (χ1) is 8.47. The summed E-state index contributed by atoms with van der Waals surface area (Å²) in [4.78, 5) is 0. The topological polar surface area (TPSA) is 70.6 Å². The van der Waals surface area contributed by atoms with Gasteiger partial charge in [0.05, 0.1) is 10.2 Å². The van der Waals surface area contributed by atoms with Gasteiger partial charge in [-0.25, -0.2) is 8.78 Å². The minimum Gasteiger partial charge on any atom is -0.409 e. The van der Waals surface area contributed by atoms with Gasteiger partial charge in [-0.05, 0) is 28.4 Å². The molecule has 0 radical (unpaired) electrons. The molecule has 4 N–H and O–H groups in total. The standard InChI is InChI=1S/C11H14BrF2N3O/c1-2-6(3-11(15)17-18)16-10-4-7(12)8(13)5-9(10)14/h4-6,16,18H,2-3H2,1H3,(H2,15,17). The number of nitrogens with zero attached hydrogens (tertiary/aromatic N) is 1. The van der Waals surface area contributed by atoms with E-state index in [1.807, 2.05) is 6.92 Å². The third-order valence-corrected chi connectivity index (χ3v) is 3.05. The molecule has 0 saturated heterocycles. The molecule has 0 aliphatic carbocycles. The van der Waals surface area contributed by atoms with Gasteiger partial charge < -0.3 is 16.3 Å². The highest BCUT2D eigenvalue weighted by molar-refractivity contribution is 9.10. The van der Waals surface area contributed by atoms with E-state index in [-0.39, 0.29) is 28.5 Å². The lowest BCUT2D eigenvalue weighted by Gasteiger charge is -2.18. The van der Waals surface area contributed by atoms with Crippen molar-refractivity contribution in [2.24, 2.45) is 10.9 Å². The molecule has 100 valence electrons. The molecule has 18 heavy (non-hydrogen) atoms. The van der Waals surface area contributed by atoms with Crippen LogP contribution in [0.1, 0.15) is 19.8 Å². The zero-order chi connectivity index (χ0) is 13.7. The molecule has 1 rings (SSSR count). The molecule has 0 aliphatic rings. The number of halogens is 3. The quantitative estimate of drug-likeness (QED) is 0.256. The maximum atomic E-state index is 13.5. The first-order valence-electron chi connectivity index (χ1n) is 5.35. The molecule has 0 fully saturated rings. The van der Waals surface area contributed by atoms with Gasteiger partial charge >= 0.3 is 0 Å². The average Bonchev–Trinajstić information content (AvgIpc) is 2.34. The number of rotatable bonds is 5. The first-order valence-corrected chi connectivity index (χ1v) is 6.14. The van der Waals surface area contributed by atoms with E-state index in [1.165, 1.54) is 6.07 Å². The Morgan fingerprint density at radius 2 is 2.17 bits per heavy atom. The molecule has 7 heteroatoms. The lowest BCUT2D eigenvalue weighted by atomic mass is 10.1. The summed E-state index contributed by atoms with van der Waals surface area (Å²) < 4.78 is 26.7. The van der Waals surface area contributed by atoms with Crippen molar-refractivity contribution in [1.82, 2.24) is 0 Å². The number of hydrogen-bond acceptors (Lipinski definition) is 3. The lowest BCUT2D eigenvalue weighted by Crippen LogP contribution is -2.27. The maximum absolute atomic E-state index is 13.5. The number of benzene rings is 1. The minimum absolute atomic E-state index is 0.0518. The second kappa shape index (κ2) is 6.53. The van der Waals surface area contributed by atoms with E-state index in [0.29, 0.717) is 6.42 Å². The van der Waals surface area contributed by atoms with Crippen molar-refractivity contribution < 1.29 is 14.0 Å². The molecular weight excluding hydrogens is 308 g/mol. The van der Waals surface area contributed by atoms with Gasteiger partial charge in [0.2, 0.25) is 0 Å². The Labute approximate surface area is 112 Å². The van der Waals surface area contributed by atoms with Crippen LogP contribution < -0.4 is 11.1 Å². The molecule has 0 aromatic heterocycles. The summed E-state index contributed by atoms with van der Waals surface area (Å²) in [7, 11) is 0. The van der Waals surface area contributed by atoms with Gasteiger partial charge in [0, 0.05) is 18.5 Å². The highest BCUT2D eigenvalue weighted by atomic mass is 79.9. The van der Waals surface area contributed by atoms with E-state index in [0.717, 1.165) is 6.07 Å².